The van der Waals surface area contributed by atoms with Gasteiger partial charge in [0, 0.05) is 31.7 Å². The first-order valence-electron chi connectivity index (χ1n) is 8.65. The van der Waals surface area contributed by atoms with Crippen molar-refractivity contribution in [3.05, 3.63) is 47.3 Å². The lowest BCUT2D eigenvalue weighted by molar-refractivity contribution is 0.0711. The summed E-state index contributed by atoms with van der Waals surface area (Å²) in [5.41, 5.74) is 2.38. The summed E-state index contributed by atoms with van der Waals surface area (Å²) >= 11 is 0. The first kappa shape index (κ1) is 18.6. The van der Waals surface area contributed by atoms with Crippen LogP contribution < -0.4 is 4.72 Å². The van der Waals surface area contributed by atoms with Gasteiger partial charge < -0.3 is 4.90 Å². The van der Waals surface area contributed by atoms with E-state index in [0.717, 1.165) is 5.56 Å². The second-order valence-corrected chi connectivity index (χ2v) is 8.45. The molecule has 0 spiro atoms. The van der Waals surface area contributed by atoms with Crippen LogP contribution in [0, 0.1) is 13.8 Å². The Bertz CT molecular complexity index is 895. The van der Waals surface area contributed by atoms with E-state index < -0.39 is 10.0 Å². The van der Waals surface area contributed by atoms with Crippen LogP contribution in [-0.2, 0) is 17.1 Å². The molecule has 1 saturated heterocycles. The Morgan fingerprint density at radius 1 is 1.15 bits per heavy atom. The van der Waals surface area contributed by atoms with Gasteiger partial charge in [-0.3, -0.25) is 9.48 Å². The molecular weight excluding hydrogens is 352 g/mol. The Labute approximate surface area is 154 Å². The molecule has 2 heterocycles. The molecule has 140 valence electrons. The number of nitrogens with one attached hydrogen (secondary N) is 1. The number of hydrogen-bond donors (Lipinski definition) is 1. The van der Waals surface area contributed by atoms with Gasteiger partial charge in [-0.2, -0.15) is 5.10 Å². The van der Waals surface area contributed by atoms with Gasteiger partial charge in [0.2, 0.25) is 10.0 Å². The van der Waals surface area contributed by atoms with Crippen LogP contribution in [0.4, 0.5) is 0 Å². The number of hydrogen-bond acceptors (Lipinski definition) is 4. The smallest absolute Gasteiger partial charge is 0.253 e. The van der Waals surface area contributed by atoms with Gasteiger partial charge in [-0.15, -0.1) is 0 Å². The average Bonchev–Trinajstić information content (AvgIpc) is 2.95. The highest BCUT2D eigenvalue weighted by Crippen LogP contribution is 2.18. The second kappa shape index (κ2) is 7.20. The zero-order chi connectivity index (χ0) is 18.9. The summed E-state index contributed by atoms with van der Waals surface area (Å²) < 4.78 is 29.4. The van der Waals surface area contributed by atoms with Gasteiger partial charge in [-0.25, -0.2) is 13.1 Å². The third kappa shape index (κ3) is 3.81. The molecule has 26 heavy (non-hydrogen) atoms. The maximum Gasteiger partial charge on any atom is 0.253 e. The SMILES string of the molecule is Cc1ccc(C(=O)N2CCC(NS(=O)(=O)c3cnn(C)c3C)CC2)cc1. The number of benzene rings is 1. The Balaban J connectivity index is 1.61. The van der Waals surface area contributed by atoms with Gasteiger partial charge in [0.25, 0.3) is 5.91 Å². The lowest BCUT2D eigenvalue weighted by Gasteiger charge is -2.32. The normalized spacial score (nSPS) is 16.0. The number of amides is 1. The van der Waals surface area contributed by atoms with Crippen LogP contribution in [0.3, 0.4) is 0 Å². The largest absolute Gasteiger partial charge is 0.339 e. The van der Waals surface area contributed by atoms with Crippen molar-refractivity contribution in [3.8, 4) is 0 Å². The fraction of sp³-hybridized carbons (Fsp3) is 0.444. The summed E-state index contributed by atoms with van der Waals surface area (Å²) in [4.78, 5) is 14.5. The topological polar surface area (TPSA) is 84.3 Å². The fourth-order valence-corrected chi connectivity index (χ4v) is 4.61. The van der Waals surface area contributed by atoms with Gasteiger partial charge in [0.05, 0.1) is 11.9 Å². The van der Waals surface area contributed by atoms with Crippen molar-refractivity contribution < 1.29 is 13.2 Å². The molecule has 1 aliphatic heterocycles. The third-order valence-corrected chi connectivity index (χ3v) is 6.51. The van der Waals surface area contributed by atoms with E-state index in [2.05, 4.69) is 9.82 Å². The van der Waals surface area contributed by atoms with Crippen molar-refractivity contribution in [1.29, 1.82) is 0 Å². The number of nitrogens with zero attached hydrogens (tertiary/aromatic N) is 3. The van der Waals surface area contributed by atoms with E-state index in [9.17, 15) is 13.2 Å². The van der Waals surface area contributed by atoms with Crippen molar-refractivity contribution >= 4 is 15.9 Å². The van der Waals surface area contributed by atoms with Gasteiger partial charge in [-0.05, 0) is 38.8 Å². The monoisotopic (exact) mass is 376 g/mol. The van der Waals surface area contributed by atoms with E-state index in [1.165, 1.54) is 10.9 Å². The number of likely N-dealkylation sites (tertiary alicyclic amines) is 1. The highest BCUT2D eigenvalue weighted by Gasteiger charge is 2.28. The van der Waals surface area contributed by atoms with Crippen LogP contribution >= 0.6 is 0 Å². The predicted octanol–water partition coefficient (Wildman–Crippen LogP) is 1.62. The molecule has 0 saturated carbocycles. The Kier molecular flexibility index (Phi) is 5.15. The van der Waals surface area contributed by atoms with Crippen molar-refractivity contribution in [2.24, 2.45) is 7.05 Å². The maximum atomic E-state index is 12.6. The van der Waals surface area contributed by atoms with Gasteiger partial charge in [-0.1, -0.05) is 17.7 Å². The highest BCUT2D eigenvalue weighted by atomic mass is 32.2. The first-order chi connectivity index (χ1) is 12.3. The van der Waals surface area contributed by atoms with E-state index in [0.29, 0.717) is 37.2 Å². The predicted molar refractivity (Wildman–Crippen MR) is 98.4 cm³/mol. The molecule has 8 heteroatoms. The molecule has 7 nitrogen and oxygen atoms in total. The standard InChI is InChI=1S/C18H24N4O3S/c1-13-4-6-15(7-5-13)18(23)22-10-8-16(9-11-22)20-26(24,25)17-12-19-21(3)14(17)2/h4-7,12,16,20H,8-11H2,1-3H3. The minimum absolute atomic E-state index is 0.00518. The van der Waals surface area contributed by atoms with Crippen LogP contribution in [0.2, 0.25) is 0 Å². The molecule has 1 fully saturated rings. The van der Waals surface area contributed by atoms with Crippen molar-refractivity contribution in [3.63, 3.8) is 0 Å². The van der Waals surface area contributed by atoms with E-state index in [1.54, 1.807) is 18.9 Å². The second-order valence-electron chi connectivity index (χ2n) is 6.77. The van der Waals surface area contributed by atoms with Crippen LogP contribution in [0.1, 0.15) is 34.5 Å². The maximum absolute atomic E-state index is 12.6. The van der Waals surface area contributed by atoms with E-state index >= 15 is 0 Å². The zero-order valence-electron chi connectivity index (χ0n) is 15.3. The Morgan fingerprint density at radius 2 is 1.77 bits per heavy atom. The third-order valence-electron chi connectivity index (χ3n) is 4.88. The van der Waals surface area contributed by atoms with Crippen molar-refractivity contribution in [2.45, 2.75) is 37.6 Å². The number of aromatic nitrogens is 2. The highest BCUT2D eigenvalue weighted by molar-refractivity contribution is 7.89. The lowest BCUT2D eigenvalue weighted by atomic mass is 10.0. The number of carbonyl (C=O) groups is 1. The van der Waals surface area contributed by atoms with Crippen molar-refractivity contribution in [2.75, 3.05) is 13.1 Å². The average molecular weight is 376 g/mol. The Hall–Kier alpha value is -2.19. The summed E-state index contributed by atoms with van der Waals surface area (Å²) in [5, 5.41) is 4.00. The zero-order valence-corrected chi connectivity index (χ0v) is 16.1. The van der Waals surface area contributed by atoms with E-state index in [4.69, 9.17) is 0 Å². The number of aryl methyl sites for hydroxylation is 2. The number of piperidine rings is 1. The van der Waals surface area contributed by atoms with Crippen LogP contribution in [0.25, 0.3) is 0 Å². The molecule has 1 amide bonds. The summed E-state index contributed by atoms with van der Waals surface area (Å²) in [5.74, 6) is -0.00518. The molecule has 1 aromatic carbocycles. The summed E-state index contributed by atoms with van der Waals surface area (Å²) in [6.45, 7) is 4.78. The molecule has 2 aromatic rings. The van der Waals surface area contributed by atoms with Gasteiger partial charge in [0.1, 0.15) is 4.90 Å². The molecule has 0 aliphatic carbocycles. The number of rotatable bonds is 4. The molecule has 3 rings (SSSR count). The Morgan fingerprint density at radius 3 is 2.31 bits per heavy atom. The minimum atomic E-state index is -3.60. The summed E-state index contributed by atoms with van der Waals surface area (Å²) in [7, 11) is -1.89. The van der Waals surface area contributed by atoms with Gasteiger partial charge in [0.15, 0.2) is 0 Å². The fourth-order valence-electron chi connectivity index (χ4n) is 3.10. The molecule has 1 aliphatic rings. The number of carbonyl (C=O) groups excluding carboxylic acids is 1. The summed E-state index contributed by atoms with van der Waals surface area (Å²) in [6.07, 6.45) is 2.56. The number of sulfonamides is 1. The van der Waals surface area contributed by atoms with E-state index in [1.807, 2.05) is 31.2 Å². The summed E-state index contributed by atoms with van der Waals surface area (Å²) in [6, 6.07) is 7.32. The molecule has 0 atom stereocenters. The van der Waals surface area contributed by atoms with Gasteiger partial charge >= 0.3 is 0 Å². The lowest BCUT2D eigenvalue weighted by Crippen LogP contribution is -2.46. The minimum Gasteiger partial charge on any atom is -0.339 e. The molecule has 0 radical (unpaired) electrons. The van der Waals surface area contributed by atoms with Crippen LogP contribution in [-0.4, -0.2) is 48.1 Å². The van der Waals surface area contributed by atoms with Crippen molar-refractivity contribution in [1.82, 2.24) is 19.4 Å². The first-order valence-corrected chi connectivity index (χ1v) is 10.1. The molecule has 1 N–H and O–H groups in total. The molecular formula is C18H24N4O3S. The van der Waals surface area contributed by atoms with E-state index in [-0.39, 0.29) is 16.8 Å². The van der Waals surface area contributed by atoms with Crippen LogP contribution in [0.15, 0.2) is 35.4 Å². The molecule has 0 unspecified atom stereocenters. The molecule has 0 bridgehead atoms. The molecule has 1 aromatic heterocycles. The van der Waals surface area contributed by atoms with Crippen LogP contribution in [0.5, 0.6) is 0 Å². The quantitative estimate of drug-likeness (QED) is 0.879.